The van der Waals surface area contributed by atoms with Gasteiger partial charge in [-0.15, -0.1) is 0 Å². The molecular formula is C20H15BrN4O2. The first kappa shape index (κ1) is 17.4. The van der Waals surface area contributed by atoms with E-state index >= 15 is 0 Å². The first-order chi connectivity index (χ1) is 13.0. The number of rotatable bonds is 3. The van der Waals surface area contributed by atoms with Gasteiger partial charge in [-0.2, -0.15) is 9.78 Å². The van der Waals surface area contributed by atoms with Gasteiger partial charge in [-0.3, -0.25) is 9.78 Å². The number of halogens is 1. The number of nitrogens with zero attached hydrogens (tertiary/aromatic N) is 4. The average Bonchev–Trinajstić information content (AvgIpc) is 2.99. The molecule has 0 aliphatic rings. The van der Waals surface area contributed by atoms with E-state index in [1.54, 1.807) is 36.7 Å². The van der Waals surface area contributed by atoms with Crippen molar-refractivity contribution in [2.75, 3.05) is 0 Å². The molecule has 0 aliphatic carbocycles. The van der Waals surface area contributed by atoms with Crippen LogP contribution in [0.2, 0.25) is 0 Å². The second-order valence-electron chi connectivity index (χ2n) is 6.08. The summed E-state index contributed by atoms with van der Waals surface area (Å²) in [6.45, 7) is 3.84. The van der Waals surface area contributed by atoms with Crippen LogP contribution in [0.5, 0.6) is 0 Å². The number of benzene rings is 1. The highest BCUT2D eigenvalue weighted by atomic mass is 79.9. The zero-order valence-electron chi connectivity index (χ0n) is 14.7. The first-order valence-electron chi connectivity index (χ1n) is 8.27. The van der Waals surface area contributed by atoms with Gasteiger partial charge in [-0.25, -0.2) is 4.98 Å². The second-order valence-corrected chi connectivity index (χ2v) is 7.00. The van der Waals surface area contributed by atoms with E-state index in [0.717, 1.165) is 21.4 Å². The van der Waals surface area contributed by atoms with Crippen LogP contribution < -0.4 is 5.56 Å². The molecule has 0 fully saturated rings. The van der Waals surface area contributed by atoms with E-state index in [9.17, 15) is 4.79 Å². The van der Waals surface area contributed by atoms with Crippen molar-refractivity contribution in [1.29, 1.82) is 0 Å². The van der Waals surface area contributed by atoms with E-state index in [2.05, 4.69) is 31.0 Å². The molecule has 0 saturated carbocycles. The van der Waals surface area contributed by atoms with Crippen molar-refractivity contribution in [3.63, 3.8) is 0 Å². The van der Waals surface area contributed by atoms with E-state index in [1.807, 2.05) is 26.0 Å². The Hall–Kier alpha value is -3.06. The lowest BCUT2D eigenvalue weighted by Gasteiger charge is -2.09. The Balaban J connectivity index is 1.95. The molecule has 6 nitrogen and oxygen atoms in total. The third-order valence-electron chi connectivity index (χ3n) is 4.23. The molecule has 0 unspecified atom stereocenters. The largest absolute Gasteiger partial charge is 0.460 e. The van der Waals surface area contributed by atoms with Gasteiger partial charge < -0.3 is 4.42 Å². The summed E-state index contributed by atoms with van der Waals surface area (Å²) in [7, 11) is 0. The fourth-order valence-electron chi connectivity index (χ4n) is 2.72. The molecule has 0 bridgehead atoms. The second kappa shape index (κ2) is 6.92. The van der Waals surface area contributed by atoms with Gasteiger partial charge in [0.1, 0.15) is 11.5 Å². The van der Waals surface area contributed by atoms with Crippen LogP contribution in [0.15, 0.2) is 67.6 Å². The number of aromatic nitrogens is 3. The Labute approximate surface area is 163 Å². The van der Waals surface area contributed by atoms with Gasteiger partial charge in [0.25, 0.3) is 5.56 Å². The van der Waals surface area contributed by atoms with E-state index in [4.69, 9.17) is 4.42 Å². The third-order valence-corrected chi connectivity index (χ3v) is 4.73. The summed E-state index contributed by atoms with van der Waals surface area (Å²) in [5.41, 5.74) is 2.12. The molecule has 4 rings (SSSR count). The highest BCUT2D eigenvalue weighted by molar-refractivity contribution is 9.10. The quantitative estimate of drug-likeness (QED) is 0.461. The van der Waals surface area contributed by atoms with E-state index < -0.39 is 0 Å². The molecule has 3 heterocycles. The highest BCUT2D eigenvalue weighted by Gasteiger charge is 2.13. The molecule has 0 atom stereocenters. The zero-order chi connectivity index (χ0) is 19.0. The lowest BCUT2D eigenvalue weighted by Crippen LogP contribution is -2.20. The van der Waals surface area contributed by atoms with Gasteiger partial charge >= 0.3 is 0 Å². The van der Waals surface area contributed by atoms with Gasteiger partial charge in [0.15, 0.2) is 5.82 Å². The van der Waals surface area contributed by atoms with Gasteiger partial charge in [0.05, 0.1) is 17.1 Å². The predicted molar refractivity (Wildman–Crippen MR) is 108 cm³/mol. The number of fused-ring (bicyclic) bond motifs is 1. The number of hydrogen-bond acceptors (Lipinski definition) is 5. The maximum Gasteiger partial charge on any atom is 0.282 e. The Bertz CT molecular complexity index is 1210. The molecule has 0 saturated heterocycles. The minimum Gasteiger partial charge on any atom is -0.460 e. The molecule has 4 aromatic rings. The van der Waals surface area contributed by atoms with E-state index in [1.165, 1.54) is 10.9 Å². The van der Waals surface area contributed by atoms with Crippen LogP contribution in [0.1, 0.15) is 17.1 Å². The summed E-state index contributed by atoms with van der Waals surface area (Å²) in [6.07, 6.45) is 4.83. The zero-order valence-corrected chi connectivity index (χ0v) is 16.3. The Kier molecular flexibility index (Phi) is 4.45. The average molecular weight is 423 g/mol. The fraction of sp³-hybridized carbons (Fsp3) is 0.100. The third kappa shape index (κ3) is 3.33. The maximum atomic E-state index is 13.1. The van der Waals surface area contributed by atoms with Crippen LogP contribution in [0, 0.1) is 13.8 Å². The van der Waals surface area contributed by atoms with Crippen LogP contribution in [0.25, 0.3) is 22.3 Å². The van der Waals surface area contributed by atoms with E-state index in [0.29, 0.717) is 22.5 Å². The molecule has 134 valence electrons. The van der Waals surface area contributed by atoms with Crippen LogP contribution in [0.3, 0.4) is 0 Å². The summed E-state index contributed by atoms with van der Waals surface area (Å²) in [5.74, 6) is 1.83. The number of furan rings is 1. The Morgan fingerprint density at radius 3 is 2.63 bits per heavy atom. The van der Waals surface area contributed by atoms with Crippen molar-refractivity contribution in [3.8, 4) is 11.4 Å². The molecule has 0 aliphatic heterocycles. The number of aryl methyl sites for hydroxylation is 2. The molecule has 7 heteroatoms. The van der Waals surface area contributed by atoms with Crippen molar-refractivity contribution in [3.05, 3.63) is 80.7 Å². The summed E-state index contributed by atoms with van der Waals surface area (Å²) in [5, 5.41) is 4.85. The minimum absolute atomic E-state index is 0.260. The number of hydrogen-bond donors (Lipinski definition) is 0. The molecule has 0 amide bonds. The van der Waals surface area contributed by atoms with Crippen molar-refractivity contribution in [2.45, 2.75) is 13.8 Å². The van der Waals surface area contributed by atoms with Gasteiger partial charge in [-0.05, 0) is 55.8 Å². The fourth-order valence-corrected chi connectivity index (χ4v) is 3.08. The molecule has 0 spiro atoms. The van der Waals surface area contributed by atoms with Crippen LogP contribution in [-0.4, -0.2) is 20.9 Å². The molecule has 27 heavy (non-hydrogen) atoms. The Morgan fingerprint density at radius 2 is 1.93 bits per heavy atom. The minimum atomic E-state index is -0.260. The lowest BCUT2D eigenvalue weighted by atomic mass is 10.2. The highest BCUT2D eigenvalue weighted by Crippen LogP contribution is 2.21. The van der Waals surface area contributed by atoms with Crippen LogP contribution in [0.4, 0.5) is 0 Å². The normalized spacial score (nSPS) is 11.5. The molecular weight excluding hydrogens is 408 g/mol. The lowest BCUT2D eigenvalue weighted by molar-refractivity contribution is 0.525. The SMILES string of the molecule is Cc1cc(C=Nn2c(-c3ccncc3)nc3ccc(Br)cc3c2=O)oc1C. The molecule has 1 aromatic carbocycles. The maximum absolute atomic E-state index is 13.1. The predicted octanol–water partition coefficient (Wildman–Crippen LogP) is 4.31. The number of pyridine rings is 1. The smallest absolute Gasteiger partial charge is 0.282 e. The summed E-state index contributed by atoms with van der Waals surface area (Å²) in [6, 6.07) is 10.9. The van der Waals surface area contributed by atoms with Gasteiger partial charge in [0, 0.05) is 22.4 Å². The van der Waals surface area contributed by atoms with Gasteiger partial charge in [-0.1, -0.05) is 15.9 Å². The topological polar surface area (TPSA) is 73.3 Å². The van der Waals surface area contributed by atoms with Crippen molar-refractivity contribution in [2.24, 2.45) is 5.10 Å². The van der Waals surface area contributed by atoms with Crippen LogP contribution >= 0.6 is 15.9 Å². The molecule has 0 N–H and O–H groups in total. The summed E-state index contributed by atoms with van der Waals surface area (Å²) >= 11 is 3.40. The molecule has 0 radical (unpaired) electrons. The summed E-state index contributed by atoms with van der Waals surface area (Å²) < 4.78 is 7.72. The summed E-state index contributed by atoms with van der Waals surface area (Å²) in [4.78, 5) is 21.8. The standard InChI is InChI=1S/C20H15BrN4O2/c1-12-9-16(27-13(12)2)11-23-25-19(14-5-7-22-8-6-14)24-18-4-3-15(21)10-17(18)20(25)26/h3-11H,1-2H3. The van der Waals surface area contributed by atoms with Crippen LogP contribution in [-0.2, 0) is 0 Å². The monoisotopic (exact) mass is 422 g/mol. The molecule has 3 aromatic heterocycles. The van der Waals surface area contributed by atoms with Gasteiger partial charge in [0.2, 0.25) is 0 Å². The van der Waals surface area contributed by atoms with Crippen molar-refractivity contribution in [1.82, 2.24) is 14.6 Å². The van der Waals surface area contributed by atoms with E-state index in [-0.39, 0.29) is 5.56 Å². The first-order valence-corrected chi connectivity index (χ1v) is 9.06. The van der Waals surface area contributed by atoms with Crippen molar-refractivity contribution < 1.29 is 4.42 Å². The van der Waals surface area contributed by atoms with Crippen molar-refractivity contribution >= 4 is 33.0 Å². The Morgan fingerprint density at radius 1 is 1.15 bits per heavy atom.